The summed E-state index contributed by atoms with van der Waals surface area (Å²) < 4.78 is 12.8. The maximum atomic E-state index is 13.3. The van der Waals surface area contributed by atoms with Crippen molar-refractivity contribution in [1.29, 1.82) is 0 Å². The van der Waals surface area contributed by atoms with Gasteiger partial charge in [0.25, 0.3) is 5.91 Å². The minimum Gasteiger partial charge on any atom is -0.493 e. The minimum atomic E-state index is -0.405. The van der Waals surface area contributed by atoms with Gasteiger partial charge in [0.15, 0.2) is 11.4 Å². The van der Waals surface area contributed by atoms with Crippen molar-refractivity contribution in [3.63, 3.8) is 0 Å². The quantitative estimate of drug-likeness (QED) is 0.648. The van der Waals surface area contributed by atoms with Crippen LogP contribution in [0.1, 0.15) is 36.7 Å². The van der Waals surface area contributed by atoms with E-state index in [1.807, 2.05) is 49.9 Å². The number of rotatable bonds is 5. The molecule has 0 radical (unpaired) electrons. The van der Waals surface area contributed by atoms with Crippen LogP contribution < -0.4 is 10.1 Å². The van der Waals surface area contributed by atoms with Gasteiger partial charge in [0.2, 0.25) is 5.95 Å². The van der Waals surface area contributed by atoms with Crippen LogP contribution in [0.3, 0.4) is 0 Å². The third kappa shape index (κ3) is 4.45. The summed E-state index contributed by atoms with van der Waals surface area (Å²) in [6.45, 7) is 7.50. The van der Waals surface area contributed by atoms with Gasteiger partial charge >= 0.3 is 0 Å². The van der Waals surface area contributed by atoms with E-state index in [2.05, 4.69) is 15.4 Å². The lowest BCUT2D eigenvalue weighted by molar-refractivity contribution is -0.0756. The highest BCUT2D eigenvalue weighted by molar-refractivity contribution is 6.30. The first kappa shape index (κ1) is 21.4. The lowest BCUT2D eigenvalue weighted by atomic mass is 9.99. The number of benzene rings is 1. The summed E-state index contributed by atoms with van der Waals surface area (Å²) in [5.74, 6) is 0.820. The fraction of sp³-hybridized carbons (Fsp3) is 0.409. The van der Waals surface area contributed by atoms with Crippen LogP contribution in [-0.2, 0) is 11.3 Å². The van der Waals surface area contributed by atoms with E-state index in [1.165, 1.54) is 0 Å². The lowest BCUT2D eigenvalue weighted by Crippen LogP contribution is -2.57. The summed E-state index contributed by atoms with van der Waals surface area (Å²) in [5, 5.41) is 8.35. The Bertz CT molecular complexity index is 1110. The lowest BCUT2D eigenvalue weighted by Gasteiger charge is -2.44. The molecule has 2 aromatic heterocycles. The summed E-state index contributed by atoms with van der Waals surface area (Å²) in [6, 6.07) is 9.28. The second-order valence-corrected chi connectivity index (χ2v) is 8.77. The molecule has 3 aromatic rings. The number of carbonyl (C=O) groups is 1. The molecular weight excluding hydrogens is 418 g/mol. The van der Waals surface area contributed by atoms with Crippen LogP contribution in [-0.4, -0.2) is 57.3 Å². The monoisotopic (exact) mass is 443 g/mol. The molecule has 1 N–H and O–H groups in total. The van der Waals surface area contributed by atoms with E-state index < -0.39 is 5.54 Å². The molecule has 1 aliphatic rings. The molecule has 9 heteroatoms. The number of anilines is 1. The Morgan fingerprint density at radius 1 is 1.39 bits per heavy atom. The summed E-state index contributed by atoms with van der Waals surface area (Å²) in [7, 11) is 1.55. The van der Waals surface area contributed by atoms with Crippen molar-refractivity contribution in [2.45, 2.75) is 39.0 Å². The van der Waals surface area contributed by atoms with Gasteiger partial charge in [-0.25, -0.2) is 4.52 Å². The average molecular weight is 444 g/mol. The first-order chi connectivity index (χ1) is 14.8. The van der Waals surface area contributed by atoms with Gasteiger partial charge < -0.3 is 19.7 Å². The van der Waals surface area contributed by atoms with Crippen molar-refractivity contribution in [1.82, 2.24) is 19.5 Å². The number of aromatic nitrogens is 3. The summed E-state index contributed by atoms with van der Waals surface area (Å²) in [4.78, 5) is 19.7. The van der Waals surface area contributed by atoms with Gasteiger partial charge in [-0.15, -0.1) is 5.10 Å². The minimum absolute atomic E-state index is 0.0173. The zero-order chi connectivity index (χ0) is 22.2. The van der Waals surface area contributed by atoms with Gasteiger partial charge in [-0.2, -0.15) is 4.98 Å². The largest absolute Gasteiger partial charge is 0.493 e. The predicted octanol–water partition coefficient (Wildman–Crippen LogP) is 3.64. The van der Waals surface area contributed by atoms with Crippen LogP contribution in [0, 0.1) is 0 Å². The molecule has 1 aliphatic heterocycles. The van der Waals surface area contributed by atoms with E-state index in [9.17, 15) is 4.79 Å². The SMILES string of the molecule is COc1cc(C(=O)N2CC(C)OCC2(C)C)cn2nc(NCc3cccc(Cl)c3)nc12. The Kier molecular flexibility index (Phi) is 5.77. The molecule has 1 saturated heterocycles. The Morgan fingerprint density at radius 3 is 2.94 bits per heavy atom. The van der Waals surface area contributed by atoms with Crippen molar-refractivity contribution in [2.24, 2.45) is 0 Å². The number of nitrogens with one attached hydrogen (secondary N) is 1. The maximum Gasteiger partial charge on any atom is 0.256 e. The molecule has 1 amide bonds. The number of carbonyl (C=O) groups excluding carboxylic acids is 1. The highest BCUT2D eigenvalue weighted by Crippen LogP contribution is 2.27. The Labute approximate surface area is 186 Å². The number of amides is 1. The number of pyridine rings is 1. The molecule has 1 fully saturated rings. The smallest absolute Gasteiger partial charge is 0.256 e. The Balaban J connectivity index is 1.61. The number of morpholine rings is 1. The van der Waals surface area contributed by atoms with Gasteiger partial charge in [0.05, 0.1) is 30.9 Å². The molecular formula is C22H26ClN5O3. The molecule has 0 aliphatic carbocycles. The molecule has 4 rings (SSSR count). The van der Waals surface area contributed by atoms with E-state index in [0.29, 0.717) is 47.6 Å². The van der Waals surface area contributed by atoms with Gasteiger partial charge in [-0.3, -0.25) is 4.79 Å². The topological polar surface area (TPSA) is 81.0 Å². The summed E-state index contributed by atoms with van der Waals surface area (Å²) in [5.41, 5.74) is 1.62. The first-order valence-corrected chi connectivity index (χ1v) is 10.5. The molecule has 0 saturated carbocycles. The van der Waals surface area contributed by atoms with Crippen LogP contribution in [0.2, 0.25) is 5.02 Å². The van der Waals surface area contributed by atoms with Crippen molar-refractivity contribution in [2.75, 3.05) is 25.6 Å². The van der Waals surface area contributed by atoms with Gasteiger partial charge in [0.1, 0.15) is 0 Å². The van der Waals surface area contributed by atoms with Crippen molar-refractivity contribution < 1.29 is 14.3 Å². The maximum absolute atomic E-state index is 13.3. The fourth-order valence-corrected chi connectivity index (χ4v) is 3.83. The van der Waals surface area contributed by atoms with Crippen LogP contribution in [0.15, 0.2) is 36.5 Å². The number of hydrogen-bond acceptors (Lipinski definition) is 6. The number of methoxy groups -OCH3 is 1. The van der Waals surface area contributed by atoms with Crippen molar-refractivity contribution in [3.8, 4) is 5.75 Å². The molecule has 164 valence electrons. The molecule has 0 bridgehead atoms. The zero-order valence-corrected chi connectivity index (χ0v) is 18.8. The van der Waals surface area contributed by atoms with E-state index >= 15 is 0 Å². The molecule has 1 atom stereocenters. The van der Waals surface area contributed by atoms with Crippen LogP contribution in [0.5, 0.6) is 5.75 Å². The van der Waals surface area contributed by atoms with E-state index in [-0.39, 0.29) is 12.0 Å². The third-order valence-electron chi connectivity index (χ3n) is 5.34. The average Bonchev–Trinajstić information content (AvgIpc) is 3.16. The Morgan fingerprint density at radius 2 is 2.19 bits per heavy atom. The summed E-state index contributed by atoms with van der Waals surface area (Å²) in [6.07, 6.45) is 1.67. The van der Waals surface area contributed by atoms with E-state index in [0.717, 1.165) is 5.56 Å². The zero-order valence-electron chi connectivity index (χ0n) is 18.1. The van der Waals surface area contributed by atoms with Gasteiger partial charge in [-0.1, -0.05) is 23.7 Å². The van der Waals surface area contributed by atoms with Crippen molar-refractivity contribution in [3.05, 3.63) is 52.7 Å². The number of hydrogen-bond donors (Lipinski definition) is 1. The Hall–Kier alpha value is -2.84. The van der Waals surface area contributed by atoms with Crippen molar-refractivity contribution >= 4 is 29.1 Å². The highest BCUT2D eigenvalue weighted by atomic mass is 35.5. The van der Waals surface area contributed by atoms with Crippen LogP contribution in [0.4, 0.5) is 5.95 Å². The predicted molar refractivity (Wildman–Crippen MR) is 119 cm³/mol. The van der Waals surface area contributed by atoms with Crippen LogP contribution in [0.25, 0.3) is 5.65 Å². The van der Waals surface area contributed by atoms with Gasteiger partial charge in [-0.05, 0) is 44.5 Å². The first-order valence-electron chi connectivity index (χ1n) is 10.1. The number of halogens is 1. The molecule has 1 aromatic carbocycles. The normalized spacial score (nSPS) is 18.2. The molecule has 3 heterocycles. The number of ether oxygens (including phenoxy) is 2. The van der Waals surface area contributed by atoms with Crippen LogP contribution >= 0.6 is 11.6 Å². The number of fused-ring (bicyclic) bond motifs is 1. The second kappa shape index (κ2) is 8.36. The third-order valence-corrected chi connectivity index (χ3v) is 5.58. The fourth-order valence-electron chi connectivity index (χ4n) is 3.62. The van der Waals surface area contributed by atoms with E-state index in [1.54, 1.807) is 23.9 Å². The number of nitrogens with zero attached hydrogens (tertiary/aromatic N) is 4. The standard InChI is InChI=1S/C22H26ClN5O3/c1-14-11-27(22(2,3)13-31-14)20(29)16-9-18(30-4)19-25-21(26-28(19)12-16)24-10-15-6-5-7-17(23)8-15/h5-9,12,14H,10-11,13H2,1-4H3,(H,24,26). The molecule has 1 unspecified atom stereocenters. The second-order valence-electron chi connectivity index (χ2n) is 8.33. The molecule has 8 nitrogen and oxygen atoms in total. The molecule has 0 spiro atoms. The van der Waals surface area contributed by atoms with E-state index in [4.69, 9.17) is 21.1 Å². The summed E-state index contributed by atoms with van der Waals surface area (Å²) >= 11 is 6.05. The van der Waals surface area contributed by atoms with Gasteiger partial charge in [0, 0.05) is 24.3 Å². The highest BCUT2D eigenvalue weighted by Gasteiger charge is 2.37. The molecule has 31 heavy (non-hydrogen) atoms.